The number of ether oxygens (including phenoxy) is 3. The molecule has 0 fully saturated rings. The van der Waals surface area contributed by atoms with E-state index in [1.54, 1.807) is 38.8 Å². The molecule has 1 aromatic carbocycles. The fourth-order valence-electron chi connectivity index (χ4n) is 1.66. The normalized spacial score (nSPS) is 10.1. The summed E-state index contributed by atoms with van der Waals surface area (Å²) in [6, 6.07) is 3.52. The number of benzene rings is 1. The Balaban J connectivity index is 2.57. The first kappa shape index (κ1) is 13.4. The van der Waals surface area contributed by atoms with Crippen LogP contribution in [0.5, 0.6) is 17.2 Å². The average Bonchev–Trinajstić information content (AvgIpc) is 2.94. The molecule has 0 bridgehead atoms. The number of thiazole rings is 1. The van der Waals surface area contributed by atoms with Crippen LogP contribution >= 0.6 is 11.3 Å². The maximum Gasteiger partial charge on any atom is 0.169 e. The maximum atomic E-state index is 10.7. The van der Waals surface area contributed by atoms with E-state index in [0.717, 1.165) is 5.56 Å². The molecule has 0 aliphatic carbocycles. The van der Waals surface area contributed by atoms with E-state index in [4.69, 9.17) is 14.2 Å². The summed E-state index contributed by atoms with van der Waals surface area (Å²) in [5, 5.41) is 2.39. The van der Waals surface area contributed by atoms with E-state index in [1.807, 2.05) is 0 Å². The van der Waals surface area contributed by atoms with Gasteiger partial charge in [-0.2, -0.15) is 0 Å². The van der Waals surface area contributed by atoms with Crippen molar-refractivity contribution in [2.24, 2.45) is 0 Å². The summed E-state index contributed by atoms with van der Waals surface area (Å²) in [5.41, 5.74) is 1.16. The number of nitrogens with zero attached hydrogens (tertiary/aromatic N) is 1. The van der Waals surface area contributed by atoms with Crippen molar-refractivity contribution in [1.82, 2.24) is 4.98 Å². The third-order valence-corrected chi connectivity index (χ3v) is 3.47. The molecule has 0 saturated heterocycles. The average molecular weight is 279 g/mol. The standard InChI is InChI=1S/C13H13NO4S/c1-16-10-5-12(18-3)11(17-2)4-9(10)13-14-8(6-15)7-19-13/h4-7H,1-3H3. The summed E-state index contributed by atoms with van der Waals surface area (Å²) in [7, 11) is 4.69. The Morgan fingerprint density at radius 3 is 2.21 bits per heavy atom. The highest BCUT2D eigenvalue weighted by Crippen LogP contribution is 2.40. The van der Waals surface area contributed by atoms with E-state index >= 15 is 0 Å². The zero-order chi connectivity index (χ0) is 13.8. The van der Waals surface area contributed by atoms with Gasteiger partial charge in [0.25, 0.3) is 0 Å². The van der Waals surface area contributed by atoms with E-state index in [9.17, 15) is 4.79 Å². The van der Waals surface area contributed by atoms with E-state index in [-0.39, 0.29) is 0 Å². The van der Waals surface area contributed by atoms with Gasteiger partial charge in [0.15, 0.2) is 17.8 Å². The van der Waals surface area contributed by atoms with E-state index in [1.165, 1.54) is 11.3 Å². The van der Waals surface area contributed by atoms with Crippen molar-refractivity contribution >= 4 is 17.6 Å². The molecular formula is C13H13NO4S. The molecule has 0 radical (unpaired) electrons. The Labute approximate surface area is 114 Å². The molecule has 5 nitrogen and oxygen atoms in total. The van der Waals surface area contributed by atoms with Gasteiger partial charge in [0.1, 0.15) is 16.5 Å². The number of hydrogen-bond donors (Lipinski definition) is 0. The van der Waals surface area contributed by atoms with E-state index < -0.39 is 0 Å². The zero-order valence-corrected chi connectivity index (χ0v) is 11.6. The maximum absolute atomic E-state index is 10.7. The fraction of sp³-hybridized carbons (Fsp3) is 0.231. The third kappa shape index (κ3) is 2.53. The number of hydrogen-bond acceptors (Lipinski definition) is 6. The van der Waals surface area contributed by atoms with Crippen molar-refractivity contribution in [3.63, 3.8) is 0 Å². The molecule has 2 aromatic rings. The van der Waals surface area contributed by atoms with Crippen molar-refractivity contribution in [3.05, 3.63) is 23.2 Å². The number of aldehydes is 1. The zero-order valence-electron chi connectivity index (χ0n) is 10.8. The van der Waals surface area contributed by atoms with Gasteiger partial charge in [0, 0.05) is 11.4 Å². The minimum absolute atomic E-state index is 0.400. The molecule has 2 rings (SSSR count). The fourth-order valence-corrected chi connectivity index (χ4v) is 2.45. The summed E-state index contributed by atoms with van der Waals surface area (Å²) < 4.78 is 15.8. The molecule has 0 aliphatic rings. The molecule has 0 unspecified atom stereocenters. The molecule has 0 amide bonds. The highest BCUT2D eigenvalue weighted by atomic mass is 32.1. The molecule has 100 valence electrons. The van der Waals surface area contributed by atoms with Crippen LogP contribution in [0.15, 0.2) is 17.5 Å². The number of rotatable bonds is 5. The largest absolute Gasteiger partial charge is 0.496 e. The first-order valence-corrected chi connectivity index (χ1v) is 6.32. The predicted octanol–water partition coefficient (Wildman–Crippen LogP) is 2.65. The molecule has 0 spiro atoms. The molecule has 0 saturated carbocycles. The summed E-state index contributed by atoms with van der Waals surface area (Å²) >= 11 is 1.37. The topological polar surface area (TPSA) is 57.7 Å². The second-order valence-corrected chi connectivity index (χ2v) is 4.46. The van der Waals surface area contributed by atoms with Gasteiger partial charge >= 0.3 is 0 Å². The Kier molecular flexibility index (Phi) is 4.01. The van der Waals surface area contributed by atoms with Crippen LogP contribution in [-0.4, -0.2) is 32.6 Å². The van der Waals surface area contributed by atoms with Crippen LogP contribution in [-0.2, 0) is 0 Å². The van der Waals surface area contributed by atoms with E-state index in [0.29, 0.717) is 34.2 Å². The summed E-state index contributed by atoms with van der Waals surface area (Å²) in [6.45, 7) is 0. The second kappa shape index (κ2) is 5.71. The molecule has 0 atom stereocenters. The first-order valence-electron chi connectivity index (χ1n) is 5.44. The van der Waals surface area contributed by atoms with Crippen molar-refractivity contribution < 1.29 is 19.0 Å². The van der Waals surface area contributed by atoms with Crippen molar-refractivity contribution in [3.8, 4) is 27.8 Å². The van der Waals surface area contributed by atoms with E-state index in [2.05, 4.69) is 4.98 Å². The van der Waals surface area contributed by atoms with Gasteiger partial charge < -0.3 is 14.2 Å². The molecule has 0 N–H and O–H groups in total. The highest BCUT2D eigenvalue weighted by Gasteiger charge is 2.15. The minimum Gasteiger partial charge on any atom is -0.496 e. The number of carbonyl (C=O) groups is 1. The summed E-state index contributed by atoms with van der Waals surface area (Å²) in [4.78, 5) is 14.9. The highest BCUT2D eigenvalue weighted by molar-refractivity contribution is 7.13. The number of methoxy groups -OCH3 is 3. The summed E-state index contributed by atoms with van der Waals surface area (Å²) in [6.07, 6.45) is 0.716. The van der Waals surface area contributed by atoms with Crippen LogP contribution in [0.4, 0.5) is 0 Å². The van der Waals surface area contributed by atoms with Gasteiger partial charge in [-0.15, -0.1) is 11.3 Å². The SMILES string of the molecule is COc1cc(OC)c(-c2nc(C=O)cs2)cc1OC. The van der Waals surface area contributed by atoms with Crippen LogP contribution in [0.3, 0.4) is 0 Å². The first-order chi connectivity index (χ1) is 9.23. The number of carbonyl (C=O) groups excluding carboxylic acids is 1. The summed E-state index contributed by atoms with van der Waals surface area (Å²) in [5.74, 6) is 1.78. The molecule has 6 heteroatoms. The van der Waals surface area contributed by atoms with Gasteiger partial charge in [-0.25, -0.2) is 4.98 Å². The van der Waals surface area contributed by atoms with Gasteiger partial charge in [0.2, 0.25) is 0 Å². The third-order valence-electron chi connectivity index (χ3n) is 2.58. The van der Waals surface area contributed by atoms with Gasteiger partial charge in [-0.1, -0.05) is 0 Å². The quantitative estimate of drug-likeness (QED) is 0.787. The van der Waals surface area contributed by atoms with Crippen LogP contribution in [0.2, 0.25) is 0 Å². The second-order valence-electron chi connectivity index (χ2n) is 3.60. The lowest BCUT2D eigenvalue weighted by molar-refractivity contribution is 0.111. The lowest BCUT2D eigenvalue weighted by atomic mass is 10.2. The van der Waals surface area contributed by atoms with Crippen molar-refractivity contribution in [1.29, 1.82) is 0 Å². The molecular weight excluding hydrogens is 266 g/mol. The van der Waals surface area contributed by atoms with Crippen molar-refractivity contribution in [2.45, 2.75) is 0 Å². The van der Waals surface area contributed by atoms with Crippen LogP contribution in [0.25, 0.3) is 10.6 Å². The molecule has 1 aromatic heterocycles. The smallest absolute Gasteiger partial charge is 0.169 e. The Morgan fingerprint density at radius 2 is 1.68 bits per heavy atom. The molecule has 0 aliphatic heterocycles. The number of aromatic nitrogens is 1. The van der Waals surface area contributed by atoms with Gasteiger partial charge in [0.05, 0.1) is 26.9 Å². The van der Waals surface area contributed by atoms with Gasteiger partial charge in [-0.3, -0.25) is 4.79 Å². The lowest BCUT2D eigenvalue weighted by Crippen LogP contribution is -1.94. The van der Waals surface area contributed by atoms with Crippen LogP contribution < -0.4 is 14.2 Å². The Morgan fingerprint density at radius 1 is 1.05 bits per heavy atom. The Hall–Kier alpha value is -2.08. The predicted molar refractivity (Wildman–Crippen MR) is 72.6 cm³/mol. The minimum atomic E-state index is 0.400. The molecule has 1 heterocycles. The monoisotopic (exact) mass is 279 g/mol. The van der Waals surface area contributed by atoms with Crippen LogP contribution in [0, 0.1) is 0 Å². The molecule has 19 heavy (non-hydrogen) atoms. The Bertz CT molecular complexity index is 594. The van der Waals surface area contributed by atoms with Crippen molar-refractivity contribution in [2.75, 3.05) is 21.3 Å². The van der Waals surface area contributed by atoms with Gasteiger partial charge in [-0.05, 0) is 6.07 Å². The van der Waals surface area contributed by atoms with Crippen LogP contribution in [0.1, 0.15) is 10.5 Å². The lowest BCUT2D eigenvalue weighted by Gasteiger charge is -2.12.